The van der Waals surface area contributed by atoms with E-state index in [1.807, 2.05) is 30.3 Å². The summed E-state index contributed by atoms with van der Waals surface area (Å²) in [5.41, 5.74) is 6.34. The molecule has 1 aromatic heterocycles. The quantitative estimate of drug-likeness (QED) is 0.739. The average Bonchev–Trinajstić information content (AvgIpc) is 2.39. The molecule has 0 atom stereocenters. The molecular formula is C15H12N2O. The summed E-state index contributed by atoms with van der Waals surface area (Å²) in [6.45, 7) is 0. The minimum atomic E-state index is 0.506. The molecular weight excluding hydrogens is 224 g/mol. The van der Waals surface area contributed by atoms with Crippen molar-refractivity contribution >= 4 is 16.5 Å². The molecule has 3 aromatic rings. The van der Waals surface area contributed by atoms with Crippen molar-refractivity contribution in [2.24, 2.45) is 0 Å². The summed E-state index contributed by atoms with van der Waals surface area (Å²) >= 11 is 0. The van der Waals surface area contributed by atoms with Crippen LogP contribution in [0.1, 0.15) is 0 Å². The number of nitrogens with zero attached hydrogens (tertiary/aromatic N) is 1. The lowest BCUT2D eigenvalue weighted by Gasteiger charge is -2.08. The number of fused-ring (bicyclic) bond motifs is 1. The van der Waals surface area contributed by atoms with Crippen LogP contribution in [0.4, 0.5) is 5.69 Å². The summed E-state index contributed by atoms with van der Waals surface area (Å²) in [7, 11) is 0. The van der Waals surface area contributed by atoms with Crippen molar-refractivity contribution in [2.45, 2.75) is 0 Å². The minimum absolute atomic E-state index is 0.506. The van der Waals surface area contributed by atoms with Gasteiger partial charge in [-0.05, 0) is 17.5 Å². The highest BCUT2D eigenvalue weighted by Crippen LogP contribution is 2.29. The van der Waals surface area contributed by atoms with Crippen molar-refractivity contribution in [3.63, 3.8) is 0 Å². The zero-order valence-electron chi connectivity index (χ0n) is 9.71. The molecule has 0 radical (unpaired) electrons. The molecule has 0 fully saturated rings. The van der Waals surface area contributed by atoms with Gasteiger partial charge in [-0.15, -0.1) is 0 Å². The molecule has 3 heteroatoms. The van der Waals surface area contributed by atoms with Crippen LogP contribution in [0.15, 0.2) is 60.8 Å². The number of hydrogen-bond acceptors (Lipinski definition) is 3. The molecule has 18 heavy (non-hydrogen) atoms. The fraction of sp³-hybridized carbons (Fsp3) is 0. The molecule has 0 aliphatic carbocycles. The maximum Gasteiger partial charge on any atom is 0.221 e. The number of benzene rings is 2. The Balaban J connectivity index is 2.05. The van der Waals surface area contributed by atoms with E-state index in [1.165, 1.54) is 0 Å². The third-order valence-corrected chi connectivity index (χ3v) is 2.72. The first-order chi connectivity index (χ1) is 8.83. The lowest BCUT2D eigenvalue weighted by molar-refractivity contribution is 0.468. The third-order valence-electron chi connectivity index (χ3n) is 2.72. The maximum atomic E-state index is 5.78. The number of aromatic nitrogens is 1. The molecule has 0 aliphatic heterocycles. The van der Waals surface area contributed by atoms with Gasteiger partial charge in [0.05, 0.1) is 0 Å². The second-order valence-electron chi connectivity index (χ2n) is 4.01. The number of rotatable bonds is 2. The first kappa shape index (κ1) is 10.6. The van der Waals surface area contributed by atoms with E-state index in [0.29, 0.717) is 11.6 Å². The van der Waals surface area contributed by atoms with Gasteiger partial charge in [0, 0.05) is 23.3 Å². The Bertz CT molecular complexity index is 689. The van der Waals surface area contributed by atoms with Crippen molar-refractivity contribution in [2.75, 3.05) is 5.73 Å². The van der Waals surface area contributed by atoms with Crippen LogP contribution in [0.2, 0.25) is 0 Å². The van der Waals surface area contributed by atoms with Crippen LogP contribution in [0, 0.1) is 0 Å². The molecule has 2 N–H and O–H groups in total. The van der Waals surface area contributed by atoms with E-state index in [1.54, 1.807) is 18.3 Å². The van der Waals surface area contributed by atoms with Crippen molar-refractivity contribution in [1.29, 1.82) is 0 Å². The average molecular weight is 236 g/mol. The molecule has 3 rings (SSSR count). The number of hydrogen-bond donors (Lipinski definition) is 1. The van der Waals surface area contributed by atoms with Crippen molar-refractivity contribution in [1.82, 2.24) is 4.98 Å². The van der Waals surface area contributed by atoms with Crippen LogP contribution in [-0.4, -0.2) is 4.98 Å². The number of nitrogen functional groups attached to an aromatic ring is 1. The van der Waals surface area contributed by atoms with Crippen LogP contribution < -0.4 is 10.5 Å². The van der Waals surface area contributed by atoms with Gasteiger partial charge in [-0.25, -0.2) is 4.98 Å². The van der Waals surface area contributed by atoms with E-state index in [4.69, 9.17) is 10.5 Å². The summed E-state index contributed by atoms with van der Waals surface area (Å²) in [5, 5.41) is 2.20. The zero-order chi connectivity index (χ0) is 12.4. The summed E-state index contributed by atoms with van der Waals surface area (Å²) in [4.78, 5) is 4.14. The second-order valence-corrected chi connectivity index (χ2v) is 4.01. The highest BCUT2D eigenvalue weighted by molar-refractivity contribution is 5.88. The summed E-state index contributed by atoms with van der Waals surface area (Å²) in [6.07, 6.45) is 1.63. The van der Waals surface area contributed by atoms with Gasteiger partial charge in [-0.1, -0.05) is 36.4 Å². The SMILES string of the molecule is Nc1ccnc(Oc2cccc3ccccc23)c1. The molecule has 3 nitrogen and oxygen atoms in total. The van der Waals surface area contributed by atoms with E-state index in [9.17, 15) is 0 Å². The Kier molecular flexibility index (Phi) is 2.57. The van der Waals surface area contributed by atoms with E-state index in [-0.39, 0.29) is 0 Å². The minimum Gasteiger partial charge on any atom is -0.438 e. The molecule has 0 unspecified atom stereocenters. The fourth-order valence-corrected chi connectivity index (χ4v) is 1.88. The summed E-state index contributed by atoms with van der Waals surface area (Å²) in [6, 6.07) is 17.4. The van der Waals surface area contributed by atoms with Crippen LogP contribution >= 0.6 is 0 Å². The van der Waals surface area contributed by atoms with Gasteiger partial charge in [0.2, 0.25) is 5.88 Å². The van der Waals surface area contributed by atoms with E-state index in [2.05, 4.69) is 17.1 Å². The highest BCUT2D eigenvalue weighted by atomic mass is 16.5. The third kappa shape index (κ3) is 1.98. The lowest BCUT2D eigenvalue weighted by Crippen LogP contribution is -1.91. The normalized spacial score (nSPS) is 10.4. The van der Waals surface area contributed by atoms with Crippen molar-refractivity contribution < 1.29 is 4.74 Å². The molecule has 0 saturated heterocycles. The lowest BCUT2D eigenvalue weighted by atomic mass is 10.1. The van der Waals surface area contributed by atoms with Crippen LogP contribution in [0.3, 0.4) is 0 Å². The van der Waals surface area contributed by atoms with Gasteiger partial charge >= 0.3 is 0 Å². The Morgan fingerprint density at radius 2 is 1.78 bits per heavy atom. The molecule has 0 aliphatic rings. The van der Waals surface area contributed by atoms with E-state index >= 15 is 0 Å². The Hall–Kier alpha value is -2.55. The van der Waals surface area contributed by atoms with Crippen molar-refractivity contribution in [3.05, 3.63) is 60.8 Å². The first-order valence-electron chi connectivity index (χ1n) is 5.70. The van der Waals surface area contributed by atoms with Crippen LogP contribution in [-0.2, 0) is 0 Å². The van der Waals surface area contributed by atoms with Gasteiger partial charge in [-0.3, -0.25) is 0 Å². The number of ether oxygens (including phenoxy) is 1. The fourth-order valence-electron chi connectivity index (χ4n) is 1.88. The molecule has 88 valence electrons. The monoisotopic (exact) mass is 236 g/mol. The van der Waals surface area contributed by atoms with Crippen LogP contribution in [0.5, 0.6) is 11.6 Å². The molecule has 1 heterocycles. The number of anilines is 1. The number of pyridine rings is 1. The summed E-state index contributed by atoms with van der Waals surface area (Å²) in [5.74, 6) is 1.29. The molecule has 0 spiro atoms. The van der Waals surface area contributed by atoms with E-state index < -0.39 is 0 Å². The molecule has 2 aromatic carbocycles. The standard InChI is InChI=1S/C15H12N2O/c16-12-8-9-17-15(10-12)18-14-7-3-5-11-4-1-2-6-13(11)14/h1-10H,(H2,16,17). The molecule has 0 amide bonds. The number of nitrogens with two attached hydrogens (primary N) is 1. The zero-order valence-corrected chi connectivity index (χ0v) is 9.71. The largest absolute Gasteiger partial charge is 0.438 e. The Morgan fingerprint density at radius 3 is 2.67 bits per heavy atom. The predicted octanol–water partition coefficient (Wildman–Crippen LogP) is 3.61. The topological polar surface area (TPSA) is 48.1 Å². The summed E-state index contributed by atoms with van der Waals surface area (Å²) < 4.78 is 5.78. The van der Waals surface area contributed by atoms with Gasteiger partial charge in [0.1, 0.15) is 5.75 Å². The second kappa shape index (κ2) is 4.37. The predicted molar refractivity (Wildman–Crippen MR) is 72.7 cm³/mol. The maximum absolute atomic E-state index is 5.78. The van der Waals surface area contributed by atoms with E-state index in [0.717, 1.165) is 16.5 Å². The molecule has 0 bridgehead atoms. The van der Waals surface area contributed by atoms with Crippen molar-refractivity contribution in [3.8, 4) is 11.6 Å². The van der Waals surface area contributed by atoms with Crippen LogP contribution in [0.25, 0.3) is 10.8 Å². The highest BCUT2D eigenvalue weighted by Gasteiger charge is 2.03. The molecule has 0 saturated carbocycles. The Morgan fingerprint density at radius 1 is 0.944 bits per heavy atom. The van der Waals surface area contributed by atoms with Gasteiger partial charge < -0.3 is 10.5 Å². The van der Waals surface area contributed by atoms with Gasteiger partial charge in [0.25, 0.3) is 0 Å². The first-order valence-corrected chi connectivity index (χ1v) is 5.70. The van der Waals surface area contributed by atoms with Gasteiger partial charge in [-0.2, -0.15) is 0 Å². The Labute approximate surface area is 105 Å². The smallest absolute Gasteiger partial charge is 0.221 e. The van der Waals surface area contributed by atoms with Gasteiger partial charge in [0.15, 0.2) is 0 Å².